The predicted octanol–water partition coefficient (Wildman–Crippen LogP) is 2.58. The minimum Gasteiger partial charge on any atom is -0.388 e. The maximum absolute atomic E-state index is 11.9. The topological polar surface area (TPSA) is 91.2 Å². The first-order chi connectivity index (χ1) is 9.97. The average molecular weight is 297 g/mol. The molecule has 1 heterocycles. The number of aryl methyl sites for hydroxylation is 1. The molecule has 7 nitrogen and oxygen atoms in total. The maximum atomic E-state index is 11.9. The van der Waals surface area contributed by atoms with E-state index in [0.29, 0.717) is 6.08 Å². The summed E-state index contributed by atoms with van der Waals surface area (Å²) in [6.07, 6.45) is -1.26. The van der Waals surface area contributed by atoms with E-state index in [0.717, 1.165) is 4.68 Å². The van der Waals surface area contributed by atoms with Gasteiger partial charge in [0.1, 0.15) is 0 Å². The number of nitrogens with zero attached hydrogens (tertiary/aromatic N) is 3. The summed E-state index contributed by atoms with van der Waals surface area (Å²) in [6, 6.07) is 5.40. The van der Waals surface area contributed by atoms with Gasteiger partial charge in [-0.25, -0.2) is 4.79 Å². The van der Waals surface area contributed by atoms with E-state index in [4.69, 9.17) is 4.42 Å². The third-order valence-electron chi connectivity index (χ3n) is 2.55. The van der Waals surface area contributed by atoms with Gasteiger partial charge in [-0.15, -0.1) is 5.10 Å². The summed E-state index contributed by atoms with van der Waals surface area (Å²) >= 11 is 0. The quantitative estimate of drug-likeness (QED) is 0.624. The summed E-state index contributed by atoms with van der Waals surface area (Å²) in [5.41, 5.74) is 0.0828. The zero-order chi connectivity index (χ0) is 15.4. The van der Waals surface area contributed by atoms with Crippen molar-refractivity contribution in [2.75, 3.05) is 0 Å². The van der Waals surface area contributed by atoms with Gasteiger partial charge in [0.2, 0.25) is 5.89 Å². The van der Waals surface area contributed by atoms with Crippen LogP contribution in [0.3, 0.4) is 0 Å². The summed E-state index contributed by atoms with van der Waals surface area (Å²) in [5, 5.41) is 14.5. The van der Waals surface area contributed by atoms with Gasteiger partial charge >= 0.3 is 5.76 Å². The molecule has 0 radical (unpaired) electrons. The lowest BCUT2D eigenvalue weighted by molar-refractivity contribution is -0.384. The molecule has 0 atom stereocenters. The number of non-ortho nitro benzene ring substituents is 1. The smallest absolute Gasteiger partial charge is 0.388 e. The molecule has 0 fully saturated rings. The van der Waals surface area contributed by atoms with Gasteiger partial charge in [0.15, 0.2) is 0 Å². The minimum atomic E-state index is -1.84. The number of aromatic nitrogens is 2. The highest BCUT2D eigenvalue weighted by atomic mass is 19.3. The molecule has 2 aromatic rings. The first-order valence-corrected chi connectivity index (χ1v) is 5.81. The predicted molar refractivity (Wildman–Crippen MR) is 67.8 cm³/mol. The van der Waals surface area contributed by atoms with Crippen molar-refractivity contribution in [1.82, 2.24) is 9.78 Å². The van der Waals surface area contributed by atoms with Crippen molar-refractivity contribution in [2.24, 2.45) is 0 Å². The van der Waals surface area contributed by atoms with E-state index in [2.05, 4.69) is 5.10 Å². The monoisotopic (exact) mass is 297 g/mol. The Hall–Kier alpha value is -2.84. The van der Waals surface area contributed by atoms with Gasteiger partial charge < -0.3 is 4.42 Å². The number of nitro benzene ring substituents is 1. The summed E-state index contributed by atoms with van der Waals surface area (Å²) in [4.78, 5) is 21.6. The van der Waals surface area contributed by atoms with Gasteiger partial charge in [-0.2, -0.15) is 13.5 Å². The number of halogens is 2. The van der Waals surface area contributed by atoms with E-state index >= 15 is 0 Å². The Morgan fingerprint density at radius 3 is 2.90 bits per heavy atom. The Kier molecular flexibility index (Phi) is 4.21. The van der Waals surface area contributed by atoms with Gasteiger partial charge in [0, 0.05) is 17.7 Å². The third-order valence-corrected chi connectivity index (χ3v) is 2.55. The largest absolute Gasteiger partial charge is 0.437 e. The van der Waals surface area contributed by atoms with Crippen LogP contribution < -0.4 is 5.76 Å². The molecule has 0 amide bonds. The van der Waals surface area contributed by atoms with Crippen molar-refractivity contribution in [3.8, 4) is 11.5 Å². The molecule has 2 rings (SSSR count). The fraction of sp³-hybridized carbons (Fsp3) is 0.167. The van der Waals surface area contributed by atoms with Crippen molar-refractivity contribution in [2.45, 2.75) is 13.0 Å². The van der Waals surface area contributed by atoms with Crippen LogP contribution in [0, 0.1) is 10.1 Å². The van der Waals surface area contributed by atoms with E-state index in [1.165, 1.54) is 24.3 Å². The second kappa shape index (κ2) is 6.07. The van der Waals surface area contributed by atoms with Gasteiger partial charge in [-0.05, 0) is 18.6 Å². The van der Waals surface area contributed by atoms with E-state index < -0.39 is 16.8 Å². The maximum Gasteiger partial charge on any atom is 0.437 e. The van der Waals surface area contributed by atoms with Crippen LogP contribution in [0.25, 0.3) is 11.5 Å². The Morgan fingerprint density at radius 1 is 1.48 bits per heavy atom. The van der Waals surface area contributed by atoms with Crippen molar-refractivity contribution in [1.29, 1.82) is 0 Å². The van der Waals surface area contributed by atoms with Gasteiger partial charge in [-0.3, -0.25) is 10.1 Å². The molecule has 0 aliphatic carbocycles. The van der Waals surface area contributed by atoms with E-state index in [9.17, 15) is 23.7 Å². The zero-order valence-electron chi connectivity index (χ0n) is 10.5. The Morgan fingerprint density at radius 2 is 2.24 bits per heavy atom. The molecule has 1 aromatic carbocycles. The SMILES string of the molecule is O=c1oc(-c2cccc([N+](=O)[O-])c2)nn1CCC=C(F)F. The fourth-order valence-electron chi connectivity index (χ4n) is 1.61. The molecule has 0 aliphatic rings. The molecule has 0 unspecified atom stereocenters. The van der Waals surface area contributed by atoms with Crippen LogP contribution >= 0.6 is 0 Å². The normalized spacial score (nSPS) is 10.4. The third kappa shape index (κ3) is 3.59. The van der Waals surface area contributed by atoms with Crippen LogP contribution in [-0.2, 0) is 6.54 Å². The molecular formula is C12H9F2N3O4. The van der Waals surface area contributed by atoms with Crippen LogP contribution in [-0.4, -0.2) is 14.7 Å². The molecule has 0 N–H and O–H groups in total. The first kappa shape index (κ1) is 14.6. The highest BCUT2D eigenvalue weighted by Gasteiger charge is 2.13. The second-order valence-corrected chi connectivity index (χ2v) is 3.99. The summed E-state index contributed by atoms with van der Waals surface area (Å²) in [6.45, 7) is -0.0748. The lowest BCUT2D eigenvalue weighted by atomic mass is 10.2. The number of benzene rings is 1. The average Bonchev–Trinajstić information content (AvgIpc) is 2.80. The van der Waals surface area contributed by atoms with Gasteiger partial charge in [0.05, 0.1) is 11.5 Å². The number of hydrogen-bond acceptors (Lipinski definition) is 5. The number of nitro groups is 1. The molecule has 0 saturated carbocycles. The molecule has 0 aliphatic heterocycles. The molecule has 0 saturated heterocycles. The zero-order valence-corrected chi connectivity index (χ0v) is 10.5. The van der Waals surface area contributed by atoms with Crippen LogP contribution in [0.15, 0.2) is 45.6 Å². The van der Waals surface area contributed by atoms with Gasteiger partial charge in [-0.1, -0.05) is 6.07 Å². The standard InChI is InChI=1S/C12H9F2N3O4/c13-10(14)5-2-6-16-12(18)21-11(15-16)8-3-1-4-9(7-8)17(19)20/h1,3-5,7H,2,6H2. The van der Waals surface area contributed by atoms with Crippen molar-refractivity contribution >= 4 is 5.69 Å². The highest BCUT2D eigenvalue weighted by molar-refractivity contribution is 5.57. The number of rotatable bonds is 5. The summed E-state index contributed by atoms with van der Waals surface area (Å²) < 4.78 is 29.5. The van der Waals surface area contributed by atoms with Crippen LogP contribution in [0.1, 0.15) is 6.42 Å². The Labute approximate surface area is 116 Å². The highest BCUT2D eigenvalue weighted by Crippen LogP contribution is 2.21. The Balaban J connectivity index is 2.26. The summed E-state index contributed by atoms with van der Waals surface area (Å²) in [7, 11) is 0. The molecule has 110 valence electrons. The molecular weight excluding hydrogens is 288 g/mol. The molecule has 0 bridgehead atoms. The fourth-order valence-corrected chi connectivity index (χ4v) is 1.61. The van der Waals surface area contributed by atoms with Crippen molar-refractivity contribution in [3.05, 3.63) is 57.1 Å². The molecule has 0 spiro atoms. The van der Waals surface area contributed by atoms with Gasteiger partial charge in [0.25, 0.3) is 11.8 Å². The molecule has 21 heavy (non-hydrogen) atoms. The summed E-state index contributed by atoms with van der Waals surface area (Å²) in [5.74, 6) is -0.919. The molecule has 9 heteroatoms. The number of hydrogen-bond donors (Lipinski definition) is 0. The van der Waals surface area contributed by atoms with Crippen LogP contribution in [0.2, 0.25) is 0 Å². The lowest BCUT2D eigenvalue weighted by Gasteiger charge is -1.95. The van der Waals surface area contributed by atoms with Crippen LogP contribution in [0.5, 0.6) is 0 Å². The van der Waals surface area contributed by atoms with Crippen LogP contribution in [0.4, 0.5) is 14.5 Å². The van der Waals surface area contributed by atoms with E-state index in [-0.39, 0.29) is 30.1 Å². The lowest BCUT2D eigenvalue weighted by Crippen LogP contribution is -2.15. The molecule has 1 aromatic heterocycles. The second-order valence-electron chi connectivity index (χ2n) is 3.99. The Bertz CT molecular complexity index is 747. The van der Waals surface area contributed by atoms with Crippen molar-refractivity contribution < 1.29 is 18.1 Å². The van der Waals surface area contributed by atoms with Crippen molar-refractivity contribution in [3.63, 3.8) is 0 Å². The minimum absolute atomic E-state index is 0.0748. The first-order valence-electron chi connectivity index (χ1n) is 5.81. The van der Waals surface area contributed by atoms with E-state index in [1.54, 1.807) is 0 Å². The van der Waals surface area contributed by atoms with E-state index in [1.807, 2.05) is 0 Å². The number of allylic oxidation sites excluding steroid dienone is 1.